The van der Waals surface area contributed by atoms with Crippen LogP contribution in [0.3, 0.4) is 0 Å². The number of carbonyl (C=O) groups is 1. The van der Waals surface area contributed by atoms with Crippen molar-refractivity contribution in [3.63, 3.8) is 0 Å². The van der Waals surface area contributed by atoms with Gasteiger partial charge in [-0.05, 0) is 43.9 Å². The fourth-order valence-electron chi connectivity index (χ4n) is 3.40. The molecule has 3 N–H and O–H groups in total. The van der Waals surface area contributed by atoms with Crippen LogP contribution >= 0.6 is 0 Å². The van der Waals surface area contributed by atoms with Crippen LogP contribution in [0.25, 0.3) is 0 Å². The lowest BCUT2D eigenvalue weighted by Crippen LogP contribution is -2.40. The lowest BCUT2D eigenvalue weighted by molar-refractivity contribution is 0.188. The van der Waals surface area contributed by atoms with Crippen LogP contribution in [0.5, 0.6) is 0 Å². The number of urea groups is 1. The summed E-state index contributed by atoms with van der Waals surface area (Å²) in [6, 6.07) is 7.81. The number of likely N-dealkylation sites (tertiary alicyclic amines) is 2. The number of hydrogen-bond acceptors (Lipinski definition) is 3. The van der Waals surface area contributed by atoms with Gasteiger partial charge in [0.25, 0.3) is 0 Å². The Balaban J connectivity index is 1.62. The fraction of sp³-hybridized carbons (Fsp3) is 0.579. The summed E-state index contributed by atoms with van der Waals surface area (Å²) in [5.41, 5.74) is 1.84. The van der Waals surface area contributed by atoms with Crippen molar-refractivity contribution in [1.29, 1.82) is 0 Å². The molecule has 0 spiro atoms. The van der Waals surface area contributed by atoms with E-state index in [1.165, 1.54) is 0 Å². The molecule has 26 heavy (non-hydrogen) atoms. The van der Waals surface area contributed by atoms with Gasteiger partial charge in [0.05, 0.1) is 12.6 Å². The Hall–Kier alpha value is -2.28. The summed E-state index contributed by atoms with van der Waals surface area (Å²) in [5, 5.41) is 16.0. The molecule has 1 atom stereocenters. The number of aliphatic imine (C=N–C) groups is 1. The zero-order valence-corrected chi connectivity index (χ0v) is 15.4. The molecule has 1 aromatic carbocycles. The van der Waals surface area contributed by atoms with E-state index in [9.17, 15) is 9.90 Å². The molecule has 7 nitrogen and oxygen atoms in total. The lowest BCUT2D eigenvalue weighted by atomic mass is 10.2. The van der Waals surface area contributed by atoms with Gasteiger partial charge in [0.2, 0.25) is 0 Å². The summed E-state index contributed by atoms with van der Waals surface area (Å²) in [5.74, 6) is 0.829. The molecular weight excluding hydrogens is 330 g/mol. The SMILES string of the molecule is CCNC(=NCc1cccc(NC(=O)N2CCCC2)c1)N1CC[C@@H](O)C1. The van der Waals surface area contributed by atoms with Crippen molar-refractivity contribution >= 4 is 17.7 Å². The number of hydrogen-bond donors (Lipinski definition) is 3. The van der Waals surface area contributed by atoms with Gasteiger partial charge in [0.15, 0.2) is 5.96 Å². The molecule has 0 bridgehead atoms. The molecule has 2 fully saturated rings. The lowest BCUT2D eigenvalue weighted by Gasteiger charge is -2.21. The van der Waals surface area contributed by atoms with Gasteiger partial charge in [0, 0.05) is 38.4 Å². The van der Waals surface area contributed by atoms with Crippen LogP contribution < -0.4 is 10.6 Å². The van der Waals surface area contributed by atoms with Crippen LogP contribution in [0.1, 0.15) is 31.7 Å². The Morgan fingerprint density at radius 2 is 2.08 bits per heavy atom. The first-order valence-electron chi connectivity index (χ1n) is 9.52. The predicted molar refractivity (Wildman–Crippen MR) is 103 cm³/mol. The topological polar surface area (TPSA) is 80.2 Å². The average Bonchev–Trinajstić information content (AvgIpc) is 3.31. The van der Waals surface area contributed by atoms with Crippen molar-refractivity contribution in [2.45, 2.75) is 38.8 Å². The number of rotatable bonds is 4. The second kappa shape index (κ2) is 8.89. The number of aliphatic hydroxyl groups is 1. The summed E-state index contributed by atoms with van der Waals surface area (Å²) in [6.45, 7) is 6.47. The highest BCUT2D eigenvalue weighted by molar-refractivity contribution is 5.89. The molecule has 0 aliphatic carbocycles. The Labute approximate surface area is 155 Å². The number of aliphatic hydroxyl groups excluding tert-OH is 1. The normalized spacial score (nSPS) is 20.5. The van der Waals surface area contributed by atoms with Crippen molar-refractivity contribution in [2.75, 3.05) is 38.0 Å². The number of anilines is 1. The van der Waals surface area contributed by atoms with Gasteiger partial charge in [-0.25, -0.2) is 9.79 Å². The zero-order valence-electron chi connectivity index (χ0n) is 15.4. The van der Waals surface area contributed by atoms with E-state index in [0.717, 1.165) is 62.7 Å². The van der Waals surface area contributed by atoms with Gasteiger partial charge < -0.3 is 25.5 Å². The number of nitrogens with one attached hydrogen (secondary N) is 2. The molecule has 1 aromatic rings. The minimum absolute atomic E-state index is 0.0254. The van der Waals surface area contributed by atoms with Gasteiger partial charge in [-0.1, -0.05) is 12.1 Å². The number of benzene rings is 1. The van der Waals surface area contributed by atoms with Crippen LogP contribution in [0.15, 0.2) is 29.3 Å². The monoisotopic (exact) mass is 359 g/mol. The van der Waals surface area contributed by atoms with E-state index in [-0.39, 0.29) is 12.1 Å². The molecule has 7 heteroatoms. The number of guanidine groups is 1. The molecule has 3 rings (SSSR count). The second-order valence-corrected chi connectivity index (χ2v) is 6.88. The first-order valence-corrected chi connectivity index (χ1v) is 9.52. The van der Waals surface area contributed by atoms with Crippen LogP contribution in [0.4, 0.5) is 10.5 Å². The van der Waals surface area contributed by atoms with Crippen molar-refractivity contribution in [3.05, 3.63) is 29.8 Å². The minimum atomic E-state index is -0.275. The van der Waals surface area contributed by atoms with Gasteiger partial charge >= 0.3 is 6.03 Å². The van der Waals surface area contributed by atoms with Crippen molar-refractivity contribution in [3.8, 4) is 0 Å². The molecule has 2 aliphatic rings. The third kappa shape index (κ3) is 4.88. The number of amides is 2. The maximum atomic E-state index is 12.2. The van der Waals surface area contributed by atoms with Crippen molar-refractivity contribution < 1.29 is 9.90 Å². The number of β-amino-alcohol motifs (C(OH)–C–C–N with tert-alkyl or cyclic N) is 1. The molecule has 0 saturated carbocycles. The van der Waals surface area contributed by atoms with E-state index in [1.807, 2.05) is 36.1 Å². The standard InChI is InChI=1S/C19H29N5O2/c1-2-20-18(24-11-8-17(25)14-24)21-13-15-6-5-7-16(12-15)22-19(26)23-9-3-4-10-23/h5-7,12,17,25H,2-4,8-11,13-14H2,1H3,(H,20,21)(H,22,26)/t17-/m1/s1. The molecule has 2 aliphatic heterocycles. The van der Waals surface area contributed by atoms with E-state index in [1.54, 1.807) is 0 Å². The van der Waals surface area contributed by atoms with Crippen molar-refractivity contribution in [1.82, 2.24) is 15.1 Å². The Morgan fingerprint density at radius 1 is 1.27 bits per heavy atom. The van der Waals surface area contributed by atoms with Gasteiger partial charge in [-0.3, -0.25) is 0 Å². The highest BCUT2D eigenvalue weighted by atomic mass is 16.3. The van der Waals surface area contributed by atoms with E-state index >= 15 is 0 Å². The van der Waals surface area contributed by atoms with Gasteiger partial charge in [-0.2, -0.15) is 0 Å². The Bertz CT molecular complexity index is 643. The first kappa shape index (κ1) is 18.5. The molecule has 0 radical (unpaired) electrons. The smallest absolute Gasteiger partial charge is 0.321 e. The van der Waals surface area contributed by atoms with Crippen LogP contribution in [-0.4, -0.2) is 65.7 Å². The van der Waals surface area contributed by atoms with Crippen LogP contribution in [0, 0.1) is 0 Å². The molecular formula is C19H29N5O2. The van der Waals surface area contributed by atoms with Crippen LogP contribution in [0.2, 0.25) is 0 Å². The third-order valence-corrected chi connectivity index (χ3v) is 4.78. The van der Waals surface area contributed by atoms with Gasteiger partial charge in [0.1, 0.15) is 0 Å². The van der Waals surface area contributed by atoms with E-state index in [0.29, 0.717) is 13.1 Å². The molecule has 2 saturated heterocycles. The second-order valence-electron chi connectivity index (χ2n) is 6.88. The number of carbonyl (C=O) groups excluding carboxylic acids is 1. The highest BCUT2D eigenvalue weighted by Crippen LogP contribution is 2.15. The Kier molecular flexibility index (Phi) is 6.33. The minimum Gasteiger partial charge on any atom is -0.391 e. The van der Waals surface area contributed by atoms with Crippen molar-refractivity contribution in [2.24, 2.45) is 4.99 Å². The zero-order chi connectivity index (χ0) is 18.4. The summed E-state index contributed by atoms with van der Waals surface area (Å²) < 4.78 is 0. The van der Waals surface area contributed by atoms with E-state index < -0.39 is 0 Å². The van der Waals surface area contributed by atoms with Gasteiger partial charge in [-0.15, -0.1) is 0 Å². The fourth-order valence-corrected chi connectivity index (χ4v) is 3.40. The largest absolute Gasteiger partial charge is 0.391 e. The first-order chi connectivity index (χ1) is 12.7. The third-order valence-electron chi connectivity index (χ3n) is 4.78. The van der Waals surface area contributed by atoms with E-state index in [2.05, 4.69) is 15.5 Å². The molecule has 0 unspecified atom stereocenters. The maximum Gasteiger partial charge on any atom is 0.321 e. The van der Waals surface area contributed by atoms with Crippen LogP contribution in [-0.2, 0) is 6.54 Å². The summed E-state index contributed by atoms with van der Waals surface area (Å²) in [4.78, 5) is 20.9. The highest BCUT2D eigenvalue weighted by Gasteiger charge is 2.22. The summed E-state index contributed by atoms with van der Waals surface area (Å²) in [7, 11) is 0. The molecule has 142 valence electrons. The van der Waals surface area contributed by atoms with E-state index in [4.69, 9.17) is 4.99 Å². The molecule has 0 aromatic heterocycles. The predicted octanol–water partition coefficient (Wildman–Crippen LogP) is 1.85. The maximum absolute atomic E-state index is 12.2. The summed E-state index contributed by atoms with van der Waals surface area (Å²) in [6.07, 6.45) is 2.67. The number of nitrogens with zero attached hydrogens (tertiary/aromatic N) is 3. The molecule has 2 amide bonds. The average molecular weight is 359 g/mol. The Morgan fingerprint density at radius 3 is 2.77 bits per heavy atom. The quantitative estimate of drug-likeness (QED) is 0.566. The summed E-state index contributed by atoms with van der Waals surface area (Å²) >= 11 is 0. The molecule has 2 heterocycles.